The van der Waals surface area contributed by atoms with Gasteiger partial charge in [-0.2, -0.15) is 0 Å². The van der Waals surface area contributed by atoms with E-state index in [1.807, 2.05) is 14.1 Å². The second kappa shape index (κ2) is 3.31. The van der Waals surface area contributed by atoms with E-state index in [9.17, 15) is 4.39 Å². The van der Waals surface area contributed by atoms with E-state index in [0.717, 1.165) is 0 Å². The highest BCUT2D eigenvalue weighted by atomic mass is 79.9. The van der Waals surface area contributed by atoms with E-state index in [2.05, 4.69) is 15.9 Å². The van der Waals surface area contributed by atoms with Gasteiger partial charge in [0.15, 0.2) is 0 Å². The van der Waals surface area contributed by atoms with Crippen LogP contribution in [-0.2, 0) is 0 Å². The first-order valence-corrected chi connectivity index (χ1v) is 4.23. The maximum atomic E-state index is 13.0. The Hall–Kier alpha value is -0.770. The summed E-state index contributed by atoms with van der Waals surface area (Å²) in [6.45, 7) is 0. The lowest BCUT2D eigenvalue weighted by molar-refractivity contribution is 0.621. The zero-order chi connectivity index (χ0) is 9.30. The van der Waals surface area contributed by atoms with Gasteiger partial charge in [0.05, 0.1) is 15.8 Å². The zero-order valence-corrected chi connectivity index (χ0v) is 8.52. The molecule has 4 heteroatoms. The van der Waals surface area contributed by atoms with Gasteiger partial charge >= 0.3 is 0 Å². The molecule has 0 aromatic heterocycles. The van der Waals surface area contributed by atoms with E-state index in [1.165, 1.54) is 6.07 Å². The third-order valence-corrected chi connectivity index (χ3v) is 2.16. The Morgan fingerprint density at radius 2 is 2.00 bits per heavy atom. The summed E-state index contributed by atoms with van der Waals surface area (Å²) in [7, 11) is 3.64. The Kier molecular flexibility index (Phi) is 2.57. The maximum absolute atomic E-state index is 13.0. The number of rotatable bonds is 1. The van der Waals surface area contributed by atoms with Gasteiger partial charge in [0.2, 0.25) is 0 Å². The average molecular weight is 233 g/mol. The molecule has 0 aliphatic heterocycles. The molecule has 0 atom stereocenters. The fourth-order valence-electron chi connectivity index (χ4n) is 0.939. The number of nitrogen functional groups attached to an aromatic ring is 1. The van der Waals surface area contributed by atoms with E-state index in [1.54, 1.807) is 11.0 Å². The van der Waals surface area contributed by atoms with E-state index < -0.39 is 0 Å². The zero-order valence-electron chi connectivity index (χ0n) is 6.94. The molecular weight excluding hydrogens is 223 g/mol. The van der Waals surface area contributed by atoms with Gasteiger partial charge in [0.25, 0.3) is 0 Å². The van der Waals surface area contributed by atoms with Gasteiger partial charge in [-0.15, -0.1) is 0 Å². The summed E-state index contributed by atoms with van der Waals surface area (Å²) in [6, 6.07) is 2.96. The molecule has 0 unspecified atom stereocenters. The molecule has 0 radical (unpaired) electrons. The molecule has 12 heavy (non-hydrogen) atoms. The third-order valence-electron chi connectivity index (χ3n) is 1.55. The van der Waals surface area contributed by atoms with Gasteiger partial charge in [0, 0.05) is 20.2 Å². The first-order valence-electron chi connectivity index (χ1n) is 3.44. The Bertz CT molecular complexity index is 299. The number of nitrogens with two attached hydrogens (primary N) is 1. The number of halogens is 2. The molecule has 1 aromatic carbocycles. The van der Waals surface area contributed by atoms with Crippen molar-refractivity contribution < 1.29 is 4.39 Å². The van der Waals surface area contributed by atoms with Crippen LogP contribution < -0.4 is 10.6 Å². The van der Waals surface area contributed by atoms with E-state index >= 15 is 0 Å². The molecule has 1 rings (SSSR count). The van der Waals surface area contributed by atoms with E-state index in [-0.39, 0.29) is 5.82 Å². The number of nitrogens with zero attached hydrogens (tertiary/aromatic N) is 1. The summed E-state index contributed by atoms with van der Waals surface area (Å²) < 4.78 is 13.4. The van der Waals surface area contributed by atoms with Crippen molar-refractivity contribution in [2.75, 3.05) is 24.7 Å². The second-order valence-electron chi connectivity index (χ2n) is 2.72. The van der Waals surface area contributed by atoms with Gasteiger partial charge in [-0.3, -0.25) is 0 Å². The van der Waals surface area contributed by atoms with Gasteiger partial charge in [-0.05, 0) is 22.0 Å². The first-order chi connectivity index (χ1) is 5.52. The van der Waals surface area contributed by atoms with E-state index in [4.69, 9.17) is 5.73 Å². The Morgan fingerprint density at radius 3 is 2.50 bits per heavy atom. The SMILES string of the molecule is CN(C)c1cc(F)c(Br)cc1N. The van der Waals surface area contributed by atoms with E-state index in [0.29, 0.717) is 15.8 Å². The van der Waals surface area contributed by atoms with Crippen LogP contribution in [0.25, 0.3) is 0 Å². The highest BCUT2D eigenvalue weighted by molar-refractivity contribution is 9.10. The van der Waals surface area contributed by atoms with Crippen molar-refractivity contribution in [1.82, 2.24) is 0 Å². The van der Waals surface area contributed by atoms with Crippen LogP contribution >= 0.6 is 15.9 Å². The first kappa shape index (κ1) is 9.32. The number of hydrogen-bond donors (Lipinski definition) is 1. The fourth-order valence-corrected chi connectivity index (χ4v) is 1.30. The minimum atomic E-state index is -0.298. The molecule has 2 N–H and O–H groups in total. The standard InChI is InChI=1S/C8H10BrFN2/c1-12(2)8-4-6(10)5(9)3-7(8)11/h3-4H,11H2,1-2H3. The molecule has 0 aliphatic carbocycles. The normalized spacial score (nSPS) is 10.0. The van der Waals surface area contributed by atoms with Crippen LogP contribution in [0.3, 0.4) is 0 Å². The van der Waals surface area contributed by atoms with Crippen LogP contribution in [-0.4, -0.2) is 14.1 Å². The topological polar surface area (TPSA) is 29.3 Å². The number of hydrogen-bond acceptors (Lipinski definition) is 2. The fraction of sp³-hybridized carbons (Fsp3) is 0.250. The molecule has 2 nitrogen and oxygen atoms in total. The summed E-state index contributed by atoms with van der Waals surface area (Å²) in [5, 5.41) is 0. The Morgan fingerprint density at radius 1 is 1.42 bits per heavy atom. The molecular formula is C8H10BrFN2. The largest absolute Gasteiger partial charge is 0.397 e. The minimum absolute atomic E-state index is 0.298. The molecule has 0 saturated heterocycles. The Balaban J connectivity index is 3.23. The lowest BCUT2D eigenvalue weighted by Crippen LogP contribution is -2.11. The summed E-state index contributed by atoms with van der Waals surface area (Å²) in [5.41, 5.74) is 6.91. The highest BCUT2D eigenvalue weighted by Gasteiger charge is 2.06. The van der Waals surface area contributed by atoms with Crippen molar-refractivity contribution in [3.63, 3.8) is 0 Å². The van der Waals surface area contributed by atoms with Crippen molar-refractivity contribution >= 4 is 27.3 Å². The van der Waals surface area contributed by atoms with Crippen LogP contribution in [0.5, 0.6) is 0 Å². The molecule has 0 heterocycles. The quantitative estimate of drug-likeness (QED) is 0.753. The molecule has 0 fully saturated rings. The van der Waals surface area contributed by atoms with Gasteiger partial charge in [-0.1, -0.05) is 0 Å². The van der Waals surface area contributed by atoms with Gasteiger partial charge in [0.1, 0.15) is 5.82 Å². The summed E-state index contributed by atoms with van der Waals surface area (Å²) >= 11 is 3.06. The third kappa shape index (κ3) is 1.69. The molecule has 0 amide bonds. The predicted octanol–water partition coefficient (Wildman–Crippen LogP) is 2.24. The second-order valence-corrected chi connectivity index (χ2v) is 3.57. The average Bonchev–Trinajstić information content (AvgIpc) is 1.96. The van der Waals surface area contributed by atoms with Crippen molar-refractivity contribution in [2.24, 2.45) is 0 Å². The van der Waals surface area contributed by atoms with Gasteiger partial charge < -0.3 is 10.6 Å². The molecule has 0 saturated carbocycles. The van der Waals surface area contributed by atoms with Crippen LogP contribution in [0.15, 0.2) is 16.6 Å². The lowest BCUT2D eigenvalue weighted by Gasteiger charge is -2.15. The van der Waals surface area contributed by atoms with Crippen LogP contribution in [0.1, 0.15) is 0 Å². The highest BCUT2D eigenvalue weighted by Crippen LogP contribution is 2.27. The Labute approximate surface area is 79.3 Å². The monoisotopic (exact) mass is 232 g/mol. The van der Waals surface area contributed by atoms with Crippen molar-refractivity contribution in [3.8, 4) is 0 Å². The molecule has 0 aliphatic rings. The van der Waals surface area contributed by atoms with Crippen molar-refractivity contribution in [2.45, 2.75) is 0 Å². The number of anilines is 2. The van der Waals surface area contributed by atoms with Crippen molar-refractivity contribution in [3.05, 3.63) is 22.4 Å². The van der Waals surface area contributed by atoms with Crippen molar-refractivity contribution in [1.29, 1.82) is 0 Å². The smallest absolute Gasteiger partial charge is 0.139 e. The number of benzene rings is 1. The van der Waals surface area contributed by atoms with Gasteiger partial charge in [-0.25, -0.2) is 4.39 Å². The summed E-state index contributed by atoms with van der Waals surface area (Å²) in [5.74, 6) is -0.298. The molecule has 66 valence electrons. The lowest BCUT2D eigenvalue weighted by atomic mass is 10.2. The van der Waals surface area contributed by atoms with Crippen LogP contribution in [0, 0.1) is 5.82 Å². The molecule has 0 bridgehead atoms. The summed E-state index contributed by atoms with van der Waals surface area (Å²) in [4.78, 5) is 1.77. The van der Waals surface area contributed by atoms with Crippen LogP contribution in [0.2, 0.25) is 0 Å². The predicted molar refractivity (Wildman–Crippen MR) is 52.8 cm³/mol. The summed E-state index contributed by atoms with van der Waals surface area (Å²) in [6.07, 6.45) is 0. The minimum Gasteiger partial charge on any atom is -0.397 e. The molecule has 1 aromatic rings. The van der Waals surface area contributed by atoms with Crippen LogP contribution in [0.4, 0.5) is 15.8 Å². The molecule has 0 spiro atoms. The maximum Gasteiger partial charge on any atom is 0.139 e.